The molecule has 0 bridgehead atoms. The molecule has 51 heteroatoms. The number of nitrogens with one attached hydrogen (secondary N) is 3. The molecule has 4 aromatic rings. The molecule has 0 spiro atoms. The second-order valence-corrected chi connectivity index (χ2v) is 35.6. The number of carbonyl (C=O) groups is 2. The quantitative estimate of drug-likeness (QED) is 0.0178. The Morgan fingerprint density at radius 1 is 0.420 bits per heavy atom. The van der Waals surface area contributed by atoms with Gasteiger partial charge >= 0.3 is 5.97 Å². The summed E-state index contributed by atoms with van der Waals surface area (Å²) in [7, 11) is 0. The zero-order valence-corrected chi connectivity index (χ0v) is 81.5. The van der Waals surface area contributed by atoms with Gasteiger partial charge in [0, 0.05) is 53.6 Å². The minimum Gasteiger partial charge on any atom is -0.497 e. The summed E-state index contributed by atoms with van der Waals surface area (Å²) in [5.41, 5.74) is 8.16. The van der Waals surface area contributed by atoms with Crippen LogP contribution in [0.15, 0.2) is 156 Å². The number of carboxylic acid groups (broad SMARTS) is 1. The Morgan fingerprint density at radius 2 is 0.797 bits per heavy atom. The molecular formula is C92H138N24O27. The van der Waals surface area contributed by atoms with Gasteiger partial charge in [-0.1, -0.05) is 98.2 Å². The van der Waals surface area contributed by atoms with Gasteiger partial charge < -0.3 is 148 Å². The van der Waals surface area contributed by atoms with Gasteiger partial charge in [0.1, 0.15) is 99.2 Å². The predicted molar refractivity (Wildman–Crippen MR) is 548 cm³/mol. The van der Waals surface area contributed by atoms with Gasteiger partial charge in [0.25, 0.3) is 5.91 Å². The van der Waals surface area contributed by atoms with Crippen molar-refractivity contribution in [3.63, 3.8) is 0 Å². The van der Waals surface area contributed by atoms with E-state index in [-0.39, 0.29) is 89.1 Å². The number of aliphatic carboxylic acids is 1. The molecule has 51 nitrogen and oxygen atoms in total. The number of aliphatic imine (C=N–C) groups is 19. The Kier molecular flexibility index (Phi) is 47.2. The van der Waals surface area contributed by atoms with Crippen LogP contribution in [0.3, 0.4) is 0 Å². The first-order chi connectivity index (χ1) is 67.6. The largest absolute Gasteiger partial charge is 0.497 e. The van der Waals surface area contributed by atoms with Crippen molar-refractivity contribution in [3.05, 3.63) is 72.1 Å². The number of aromatic nitrogens is 2. The van der Waals surface area contributed by atoms with Gasteiger partial charge in [0.2, 0.25) is 112 Å². The smallest absolute Gasteiger partial charge is 0.306 e. The zero-order chi connectivity index (χ0) is 106. The van der Waals surface area contributed by atoms with Gasteiger partial charge in [0.05, 0.1) is 38.3 Å². The first kappa shape index (κ1) is 117. The van der Waals surface area contributed by atoms with Gasteiger partial charge in [-0.3, -0.25) is 15.0 Å². The van der Waals surface area contributed by atoms with E-state index in [1.54, 1.807) is 116 Å². The summed E-state index contributed by atoms with van der Waals surface area (Å²) in [4.78, 5) is 112. The van der Waals surface area contributed by atoms with E-state index in [4.69, 9.17) is 11.1 Å². The highest BCUT2D eigenvalue weighted by Gasteiger charge is 2.39. The molecule has 0 saturated carbocycles. The molecule has 2 aliphatic rings. The molecule has 4 heterocycles. The molecule has 2 aliphatic heterocycles. The first-order valence-electron chi connectivity index (χ1n) is 46.6. The van der Waals surface area contributed by atoms with Crippen LogP contribution >= 0.6 is 0 Å². The highest BCUT2D eigenvalue weighted by molar-refractivity contribution is 5.99. The molecule has 6 rings (SSSR count). The van der Waals surface area contributed by atoms with Crippen LogP contribution in [-0.4, -0.2) is 434 Å². The van der Waals surface area contributed by atoms with Crippen molar-refractivity contribution in [1.82, 2.24) is 14.9 Å². The normalized spacial score (nSPS) is 25.3. The second kappa shape index (κ2) is 57.5. The van der Waals surface area contributed by atoms with Crippen molar-refractivity contribution < 1.29 is 137 Å². The summed E-state index contributed by atoms with van der Waals surface area (Å²) >= 11 is 0. The van der Waals surface area contributed by atoms with Crippen LogP contribution in [0.2, 0.25) is 0 Å². The van der Waals surface area contributed by atoms with Crippen LogP contribution in [0.4, 0.5) is 0 Å². The Hall–Kier alpha value is -14.3. The molecule has 2 aromatic heterocycles. The van der Waals surface area contributed by atoms with Crippen molar-refractivity contribution in [3.8, 4) is 0 Å². The lowest BCUT2D eigenvalue weighted by molar-refractivity contribution is -0.137. The maximum absolute atomic E-state index is 14.4. The lowest BCUT2D eigenvalue weighted by Gasteiger charge is -2.26. The fourth-order valence-electron chi connectivity index (χ4n) is 14.7. The third-order valence-corrected chi connectivity index (χ3v) is 22.4. The van der Waals surface area contributed by atoms with E-state index < -0.39 is 303 Å². The molecule has 2 aromatic carbocycles. The number of nitrogens with zero attached hydrogens (tertiary/aromatic N) is 20. The Bertz CT molecular complexity index is 5510. The number of rotatable bonds is 24. The van der Waals surface area contributed by atoms with Gasteiger partial charge in [-0.25, -0.2) is 94.9 Å². The number of nitrogens with two attached hydrogens (primary N) is 1. The minimum atomic E-state index is -1.99. The molecule has 0 aliphatic carbocycles. The van der Waals surface area contributed by atoms with E-state index in [0.717, 1.165) is 11.8 Å². The number of carbonyl (C=O) groups excluding carboxylic acids is 1. The molecule has 1 amide bonds. The standard InChI is InChI=1S/C92H138N24O27/c1-12-47(8)75-91(142)111-65(42-117)87(138)102-48(9)78(129)112-66(43-118)92(143)116-27-19-25-67(116)88(139)110-61(31-51-35-95-55-22-15-13-20-53(51)55)79(130)98-39-70(123)104-63(33-68(94)121)80(131)99-41-73(126)114-76(49(10)119)89(140)101-40-71(124)103-58(28-44(2)3)82(133)109-64(34-74(127)128)85(136)108-62(32-52-36-96-56-23-16-14-21-54(52)56)84(135)105-57(24-17-18-26-93)81(132)106-59(29-45(4)5)83(134)107-60(30-46(6)7)86(137)115-77(50(11)120)90(141)100-37-69(122)97-38-72(125)113-75/h13-16,20-23,35-36,44-50,57-67,75-77,95-96,117-120H,12,17-19,24-34,37-43,93H2,1-11H3,(H2,94,121)(H,97,122)(H,98,130)(H,99,131)(H,100,141)(H,101,140)(H,102,138)(H,103,124)(H,104,123)(H,105,135)(H,106,132)(H,107,134)(H,108,136)(H,109,133)(H,110,139)(H,111,142)(H,112,129)(H,113,125)(H,114,126)(H,115,137)(H,127,128)/t47-,48-,49+,50+,57-,58-,59-,60-,61-,62-,63-,64-,65-,66-,67-,75-,76-,77-/m0/s1. The molecule has 0 radical (unpaired) electrons. The molecule has 30 N–H and O–H groups in total. The molecule has 0 unspecified atom stereocenters. The Labute approximate surface area is 823 Å². The zero-order valence-electron chi connectivity index (χ0n) is 81.5. The number of unbranched alkanes of at least 4 members (excludes halogenated alkanes) is 1. The highest BCUT2D eigenvalue weighted by Crippen LogP contribution is 2.28. The van der Waals surface area contributed by atoms with E-state index in [9.17, 15) is 137 Å². The van der Waals surface area contributed by atoms with Crippen molar-refractivity contribution in [2.75, 3.05) is 59.0 Å². The SMILES string of the molecule is CC[C@H](C)[C@@H]1N=C(O)CN=C(O)CN=C(O)[C@H]([C@@H](C)O)N=C(O)[C@H](CC(C)C)N=C(O)[C@H](CC(C)C)N=C(O)[C@H](CCCCN)N=C(O)[C@H](Cc2c[nH]c3ccccc23)N=C(O)[C@H](CC(=O)O)N=C(O)[C@H](CC(C)C)N=C(O)CN=C(O)[C@H]([C@@H](C)O)N=C(O)CN=C(O)[C@H](CC(=N)O)N=C(O)CN=C(O)[C@H](Cc2c[nH]c3ccccc23)N=C(O)[C@@H]2CCCN2C(=O)[C@H](CO)N=C(O)[C@H](C)N=C(O)[C@H](CO)N=C1O. The molecule has 788 valence electrons. The van der Waals surface area contributed by atoms with Crippen molar-refractivity contribution in [1.29, 1.82) is 5.41 Å². The number of benzene rings is 2. The average Bonchev–Trinajstić information content (AvgIpc) is 1.69. The highest BCUT2D eigenvalue weighted by atomic mass is 16.4. The molecule has 143 heavy (non-hydrogen) atoms. The summed E-state index contributed by atoms with van der Waals surface area (Å²) in [5, 5.41) is 291. The van der Waals surface area contributed by atoms with E-state index >= 15 is 0 Å². The number of aliphatic hydroxyl groups excluding tert-OH is 24. The van der Waals surface area contributed by atoms with Crippen LogP contribution < -0.4 is 5.73 Å². The summed E-state index contributed by atoms with van der Waals surface area (Å²) < 4.78 is 0. The lowest BCUT2D eigenvalue weighted by Crippen LogP contribution is -2.47. The van der Waals surface area contributed by atoms with Gasteiger partial charge in [0.15, 0.2) is 30.1 Å². The van der Waals surface area contributed by atoms with Crippen LogP contribution in [0, 0.1) is 29.1 Å². The van der Waals surface area contributed by atoms with Crippen molar-refractivity contribution in [2.24, 2.45) is 124 Å². The van der Waals surface area contributed by atoms with Crippen LogP contribution in [0.5, 0.6) is 0 Å². The molecular weight excluding hydrogens is 1870 g/mol. The first-order valence-corrected chi connectivity index (χ1v) is 46.6. The van der Waals surface area contributed by atoms with E-state index in [0.29, 0.717) is 39.4 Å². The molecule has 1 fully saturated rings. The minimum absolute atomic E-state index is 0.0384. The number of carboxylic acids is 1. The lowest BCUT2D eigenvalue weighted by atomic mass is 9.99. The van der Waals surface area contributed by atoms with Crippen molar-refractivity contribution >= 4 is 152 Å². The van der Waals surface area contributed by atoms with E-state index in [1.807, 2.05) is 0 Å². The maximum atomic E-state index is 14.4. The number of amides is 1. The topological polar surface area (TPSA) is 859 Å². The Balaban J connectivity index is 1.50. The summed E-state index contributed by atoms with van der Waals surface area (Å²) in [6.07, 6.45) is -1.93. The predicted octanol–water partition coefficient (Wildman–Crippen LogP) is 8.25. The monoisotopic (exact) mass is 2010 g/mol. The number of fused-ring (bicyclic) bond motifs is 3. The molecule has 18 atom stereocenters. The van der Waals surface area contributed by atoms with E-state index in [1.165, 1.54) is 13.8 Å². The third-order valence-electron chi connectivity index (χ3n) is 22.4. The number of H-pyrrole nitrogens is 2. The third kappa shape index (κ3) is 37.6. The summed E-state index contributed by atoms with van der Waals surface area (Å²) in [6, 6.07) is -10.7. The van der Waals surface area contributed by atoms with Crippen LogP contribution in [-0.2, 0) is 22.4 Å². The number of para-hydroxylation sites is 2. The number of hydrogen-bond donors (Lipinski definition) is 29. The fourth-order valence-corrected chi connectivity index (χ4v) is 14.7. The van der Waals surface area contributed by atoms with Gasteiger partial charge in [-0.15, -0.1) is 0 Å². The summed E-state index contributed by atoms with van der Waals surface area (Å²) in [5.74, 6) is -22.9. The van der Waals surface area contributed by atoms with E-state index in [2.05, 4.69) is 105 Å². The summed E-state index contributed by atoms with van der Waals surface area (Å²) in [6.45, 7) is 10.5. The fraction of sp³-hybridized carbons (Fsp3) is 0.587. The molecule has 1 saturated heterocycles. The maximum Gasteiger partial charge on any atom is 0.306 e. The van der Waals surface area contributed by atoms with Gasteiger partial charge in [-0.2, -0.15) is 0 Å². The van der Waals surface area contributed by atoms with Crippen LogP contribution in [0.25, 0.3) is 21.8 Å². The second-order valence-electron chi connectivity index (χ2n) is 35.6. The average molecular weight is 2010 g/mol. The number of aromatic amines is 2. The Morgan fingerprint density at radius 3 is 1.29 bits per heavy atom. The van der Waals surface area contributed by atoms with Crippen molar-refractivity contribution in [2.45, 2.75) is 262 Å². The number of hydrogen-bond acceptors (Lipinski definition) is 27. The van der Waals surface area contributed by atoms with Crippen LogP contribution in [0.1, 0.15) is 158 Å². The van der Waals surface area contributed by atoms with Gasteiger partial charge in [-0.05, 0) is 126 Å². The number of aliphatic hydroxyl groups is 24.